The molecule has 0 bridgehead atoms. The van der Waals surface area contributed by atoms with Crippen LogP contribution in [0, 0.1) is 5.82 Å². The second-order valence-corrected chi connectivity index (χ2v) is 3.94. The van der Waals surface area contributed by atoms with Crippen molar-refractivity contribution in [3.63, 3.8) is 0 Å². The Bertz CT molecular complexity index is 478. The van der Waals surface area contributed by atoms with E-state index in [9.17, 15) is 14.0 Å². The highest BCUT2D eigenvalue weighted by Crippen LogP contribution is 2.17. The van der Waals surface area contributed by atoms with Crippen LogP contribution in [-0.4, -0.2) is 43.9 Å². The fourth-order valence-corrected chi connectivity index (χ4v) is 1.49. The lowest BCUT2D eigenvalue weighted by atomic mass is 10.1. The van der Waals surface area contributed by atoms with Crippen LogP contribution in [0.2, 0.25) is 0 Å². The zero-order chi connectivity index (χ0) is 15.0. The molecule has 0 radical (unpaired) electrons. The molecule has 6 nitrogen and oxygen atoms in total. The topological polar surface area (TPSA) is 84.9 Å². The first kappa shape index (κ1) is 15.9. The van der Waals surface area contributed by atoms with E-state index in [1.165, 1.54) is 19.2 Å². The highest BCUT2D eigenvalue weighted by molar-refractivity contribution is 5.78. The Morgan fingerprint density at radius 2 is 2.15 bits per heavy atom. The van der Waals surface area contributed by atoms with Crippen LogP contribution >= 0.6 is 0 Å². The summed E-state index contributed by atoms with van der Waals surface area (Å²) in [5, 5.41) is 10.9. The summed E-state index contributed by atoms with van der Waals surface area (Å²) >= 11 is 0. The molecule has 0 saturated heterocycles. The molecule has 0 aliphatic heterocycles. The lowest BCUT2D eigenvalue weighted by Gasteiger charge is -2.07. The summed E-state index contributed by atoms with van der Waals surface area (Å²) in [5.74, 6) is -1.77. The Kier molecular flexibility index (Phi) is 6.45. The van der Waals surface area contributed by atoms with Crippen LogP contribution in [0.5, 0.6) is 5.75 Å². The van der Waals surface area contributed by atoms with Gasteiger partial charge in [-0.2, -0.15) is 0 Å². The second kappa shape index (κ2) is 8.11. The minimum atomic E-state index is -1.06. The third kappa shape index (κ3) is 5.66. The van der Waals surface area contributed by atoms with E-state index in [4.69, 9.17) is 14.6 Å². The van der Waals surface area contributed by atoms with E-state index in [1.807, 2.05) is 0 Å². The summed E-state index contributed by atoms with van der Waals surface area (Å²) in [4.78, 5) is 21.7. The Morgan fingerprint density at radius 3 is 2.75 bits per heavy atom. The number of hydrogen-bond acceptors (Lipinski definition) is 4. The maximum absolute atomic E-state index is 13.4. The molecule has 0 aliphatic rings. The maximum atomic E-state index is 13.4. The van der Waals surface area contributed by atoms with Crippen LogP contribution in [0.15, 0.2) is 18.2 Å². The first-order chi connectivity index (χ1) is 9.52. The van der Waals surface area contributed by atoms with Crippen LogP contribution < -0.4 is 10.1 Å². The molecule has 1 rings (SSSR count). The molecule has 0 aromatic heterocycles. The number of hydrogen-bond donors (Lipinski definition) is 2. The van der Waals surface area contributed by atoms with Gasteiger partial charge in [-0.3, -0.25) is 4.79 Å². The third-order valence-corrected chi connectivity index (χ3v) is 2.37. The smallest absolute Gasteiger partial charge is 0.329 e. The van der Waals surface area contributed by atoms with Crippen molar-refractivity contribution >= 4 is 11.9 Å². The van der Waals surface area contributed by atoms with Gasteiger partial charge < -0.3 is 19.9 Å². The number of nitrogens with one attached hydrogen (secondary N) is 1. The SMILES string of the molecule is COc1ccc(CC(=O)NCCOCC(=O)O)cc1F. The molecular weight excluding hydrogens is 269 g/mol. The summed E-state index contributed by atoms with van der Waals surface area (Å²) in [6.45, 7) is -0.0979. The molecule has 0 atom stereocenters. The van der Waals surface area contributed by atoms with Crippen LogP contribution in [0.4, 0.5) is 4.39 Å². The fourth-order valence-electron chi connectivity index (χ4n) is 1.49. The van der Waals surface area contributed by atoms with Crippen molar-refractivity contribution in [1.82, 2.24) is 5.32 Å². The van der Waals surface area contributed by atoms with Gasteiger partial charge in [0.05, 0.1) is 20.1 Å². The number of benzene rings is 1. The standard InChI is InChI=1S/C13H16FNO5/c1-19-11-3-2-9(6-10(11)14)7-12(16)15-4-5-20-8-13(17)18/h2-3,6H,4-5,7-8H2,1H3,(H,15,16)(H,17,18). The minimum Gasteiger partial charge on any atom is -0.494 e. The predicted octanol–water partition coefficient (Wildman–Crippen LogP) is 0.594. The van der Waals surface area contributed by atoms with E-state index in [0.717, 1.165) is 0 Å². The number of halogens is 1. The van der Waals surface area contributed by atoms with E-state index >= 15 is 0 Å². The van der Waals surface area contributed by atoms with E-state index in [0.29, 0.717) is 5.56 Å². The third-order valence-electron chi connectivity index (χ3n) is 2.37. The summed E-state index contributed by atoms with van der Waals surface area (Å²) < 4.78 is 22.9. The number of carboxylic acid groups (broad SMARTS) is 1. The van der Waals surface area contributed by atoms with Gasteiger partial charge in [-0.15, -0.1) is 0 Å². The quantitative estimate of drug-likeness (QED) is 0.683. The molecule has 1 aromatic carbocycles. The van der Waals surface area contributed by atoms with Gasteiger partial charge in [0, 0.05) is 6.54 Å². The number of carbonyl (C=O) groups excluding carboxylic acids is 1. The first-order valence-corrected chi connectivity index (χ1v) is 5.91. The number of rotatable bonds is 8. The van der Waals surface area contributed by atoms with E-state index < -0.39 is 18.4 Å². The molecule has 2 N–H and O–H groups in total. The zero-order valence-electron chi connectivity index (χ0n) is 11.0. The largest absolute Gasteiger partial charge is 0.494 e. The molecule has 0 fully saturated rings. The lowest BCUT2D eigenvalue weighted by molar-refractivity contribution is -0.142. The minimum absolute atomic E-state index is 0.0276. The lowest BCUT2D eigenvalue weighted by Crippen LogP contribution is -2.29. The van der Waals surface area contributed by atoms with Crippen LogP contribution in [0.1, 0.15) is 5.56 Å². The van der Waals surface area contributed by atoms with Gasteiger partial charge in [0.15, 0.2) is 11.6 Å². The number of ether oxygens (including phenoxy) is 2. The summed E-state index contributed by atoms with van der Waals surface area (Å²) in [6.07, 6.45) is 0.0276. The summed E-state index contributed by atoms with van der Waals surface area (Å²) in [6, 6.07) is 4.29. The van der Waals surface area contributed by atoms with Crippen LogP contribution in [-0.2, 0) is 20.7 Å². The molecule has 1 aromatic rings. The van der Waals surface area contributed by atoms with Crippen molar-refractivity contribution in [2.24, 2.45) is 0 Å². The molecule has 0 heterocycles. The van der Waals surface area contributed by atoms with Crippen molar-refractivity contribution in [3.05, 3.63) is 29.6 Å². The van der Waals surface area contributed by atoms with Gasteiger partial charge in [0.25, 0.3) is 0 Å². The molecule has 0 aliphatic carbocycles. The maximum Gasteiger partial charge on any atom is 0.329 e. The van der Waals surface area contributed by atoms with Gasteiger partial charge in [0.1, 0.15) is 6.61 Å². The number of methoxy groups -OCH3 is 1. The molecule has 0 saturated carbocycles. The van der Waals surface area contributed by atoms with E-state index in [2.05, 4.69) is 5.32 Å². The van der Waals surface area contributed by atoms with Crippen molar-refractivity contribution in [2.45, 2.75) is 6.42 Å². The van der Waals surface area contributed by atoms with Crippen molar-refractivity contribution in [1.29, 1.82) is 0 Å². The highest BCUT2D eigenvalue weighted by atomic mass is 19.1. The molecule has 0 spiro atoms. The first-order valence-electron chi connectivity index (χ1n) is 5.91. The number of carboxylic acids is 1. The summed E-state index contributed by atoms with van der Waals surface area (Å²) in [7, 11) is 1.36. The Balaban J connectivity index is 2.31. The average Bonchev–Trinajstić information content (AvgIpc) is 2.38. The van der Waals surface area contributed by atoms with Gasteiger partial charge in [-0.1, -0.05) is 6.07 Å². The molecule has 20 heavy (non-hydrogen) atoms. The number of aliphatic carboxylic acids is 1. The molecular formula is C13H16FNO5. The second-order valence-electron chi connectivity index (χ2n) is 3.94. The molecule has 110 valence electrons. The zero-order valence-corrected chi connectivity index (χ0v) is 11.0. The van der Waals surface area contributed by atoms with Crippen LogP contribution in [0.25, 0.3) is 0 Å². The Morgan fingerprint density at radius 1 is 1.40 bits per heavy atom. The van der Waals surface area contributed by atoms with Crippen molar-refractivity contribution in [3.8, 4) is 5.75 Å². The van der Waals surface area contributed by atoms with Gasteiger partial charge in [-0.25, -0.2) is 9.18 Å². The fraction of sp³-hybridized carbons (Fsp3) is 0.385. The van der Waals surface area contributed by atoms with Gasteiger partial charge in [0.2, 0.25) is 5.91 Å². The Labute approximate surface area is 115 Å². The normalized spacial score (nSPS) is 10.1. The summed E-state index contributed by atoms with van der Waals surface area (Å²) in [5.41, 5.74) is 0.521. The molecule has 1 amide bonds. The van der Waals surface area contributed by atoms with E-state index in [1.54, 1.807) is 6.07 Å². The van der Waals surface area contributed by atoms with Crippen molar-refractivity contribution < 1.29 is 28.6 Å². The Hall–Kier alpha value is -2.15. The molecule has 0 unspecified atom stereocenters. The molecule has 7 heteroatoms. The van der Waals surface area contributed by atoms with Crippen LogP contribution in [0.3, 0.4) is 0 Å². The van der Waals surface area contributed by atoms with Gasteiger partial charge >= 0.3 is 5.97 Å². The number of amides is 1. The average molecular weight is 285 g/mol. The monoisotopic (exact) mass is 285 g/mol. The highest BCUT2D eigenvalue weighted by Gasteiger charge is 2.07. The number of carbonyl (C=O) groups is 2. The van der Waals surface area contributed by atoms with Crippen molar-refractivity contribution in [2.75, 3.05) is 26.9 Å². The van der Waals surface area contributed by atoms with Gasteiger partial charge in [-0.05, 0) is 17.7 Å². The predicted molar refractivity (Wildman–Crippen MR) is 68.1 cm³/mol. The van der Waals surface area contributed by atoms with E-state index in [-0.39, 0.29) is 31.2 Å².